The van der Waals surface area contributed by atoms with Crippen LogP contribution in [0.25, 0.3) is 0 Å². The van der Waals surface area contributed by atoms with Gasteiger partial charge in [0.25, 0.3) is 0 Å². The van der Waals surface area contributed by atoms with Crippen molar-refractivity contribution in [2.45, 2.75) is 0 Å². The van der Waals surface area contributed by atoms with E-state index in [4.69, 9.17) is 11.5 Å². The van der Waals surface area contributed by atoms with Crippen molar-refractivity contribution < 1.29 is 90.6 Å². The molecule has 0 saturated heterocycles. The molecule has 0 aromatic carbocycles. The van der Waals surface area contributed by atoms with E-state index in [1.165, 1.54) is 0 Å². The van der Waals surface area contributed by atoms with Gasteiger partial charge in [-0.05, 0) is 0 Å². The quantitative estimate of drug-likeness (QED) is 0.224. The van der Waals surface area contributed by atoms with Gasteiger partial charge < -0.3 is 23.8 Å². The first-order valence-electron chi connectivity index (χ1n) is 4.07. The number of esters is 4. The molecule has 0 saturated carbocycles. The minimum Gasteiger partial charge on any atom is -1.00 e. The van der Waals surface area contributed by atoms with Crippen molar-refractivity contribution in [2.24, 2.45) is 11.5 Å². The van der Waals surface area contributed by atoms with Crippen LogP contribution in [0.3, 0.4) is 0 Å². The number of nitrogens with two attached hydrogens (primary N) is 2. The number of carbonyl (C=O) groups is 4. The molecule has 0 spiro atoms. The van der Waals surface area contributed by atoms with Crippen LogP contribution in [0.15, 0.2) is 12.2 Å². The Bertz CT molecular complexity index is 322. The monoisotopic (exact) mass is 278 g/mol. The summed E-state index contributed by atoms with van der Waals surface area (Å²) in [7, 11) is 0. The zero-order valence-corrected chi connectivity index (χ0v) is 14.2. The van der Waals surface area contributed by atoms with Gasteiger partial charge in [0.15, 0.2) is 0 Å². The van der Waals surface area contributed by atoms with Gasteiger partial charge in [0.2, 0.25) is 0 Å². The third-order valence-electron chi connectivity index (χ3n) is 1.12. The van der Waals surface area contributed by atoms with Crippen LogP contribution in [0.2, 0.25) is 0 Å². The largest absolute Gasteiger partial charge is 1.00 e. The molecular formula is C8H12N2Na2O6. The summed E-state index contributed by atoms with van der Waals surface area (Å²) in [5.74, 6) is -4.07. The fourth-order valence-electron chi connectivity index (χ4n) is 0.512. The molecule has 0 radical (unpaired) electrons. The fourth-order valence-corrected chi connectivity index (χ4v) is 0.512. The minimum absolute atomic E-state index is 0. The van der Waals surface area contributed by atoms with Crippen molar-refractivity contribution in [2.75, 3.05) is 13.1 Å². The molecule has 0 aromatic rings. The molecule has 10 heteroatoms. The maximum atomic E-state index is 10.8. The third kappa shape index (κ3) is 12.4. The molecule has 0 aromatic heterocycles. The van der Waals surface area contributed by atoms with Gasteiger partial charge >= 0.3 is 83.0 Å². The fraction of sp³-hybridized carbons (Fsp3) is 0.250. The van der Waals surface area contributed by atoms with Crippen molar-refractivity contribution in [3.05, 3.63) is 12.2 Å². The van der Waals surface area contributed by atoms with Crippen molar-refractivity contribution in [1.82, 2.24) is 0 Å². The van der Waals surface area contributed by atoms with Gasteiger partial charge in [0.1, 0.15) is 0 Å². The summed E-state index contributed by atoms with van der Waals surface area (Å²) in [6, 6.07) is 0. The molecule has 0 unspecified atom stereocenters. The first-order valence-corrected chi connectivity index (χ1v) is 4.07. The SMILES string of the molecule is NCC(=O)OC(=O)/C=C/C(=O)OC(=O)CN.[H-].[H-].[Na+].[Na+]. The number of hydrogen-bond donors (Lipinski definition) is 2. The minimum atomic E-state index is -1.09. The summed E-state index contributed by atoms with van der Waals surface area (Å²) in [5.41, 5.74) is 9.72. The van der Waals surface area contributed by atoms with Gasteiger partial charge in [-0.1, -0.05) is 0 Å². The van der Waals surface area contributed by atoms with Gasteiger partial charge in [0, 0.05) is 12.2 Å². The molecular weight excluding hydrogens is 266 g/mol. The molecule has 18 heavy (non-hydrogen) atoms. The molecule has 4 N–H and O–H groups in total. The Labute approximate surface area is 150 Å². The van der Waals surface area contributed by atoms with Crippen molar-refractivity contribution in [3.8, 4) is 0 Å². The predicted octanol–water partition coefficient (Wildman–Crippen LogP) is -8.17. The number of hydrogen-bond acceptors (Lipinski definition) is 8. The molecule has 0 amide bonds. The van der Waals surface area contributed by atoms with Crippen LogP contribution in [-0.4, -0.2) is 37.0 Å². The summed E-state index contributed by atoms with van der Waals surface area (Å²) < 4.78 is 8.15. The Balaban J connectivity index is -0.000000187. The average Bonchev–Trinajstić information content (AvgIpc) is 2.26. The van der Waals surface area contributed by atoms with E-state index in [1.807, 2.05) is 0 Å². The van der Waals surface area contributed by atoms with Crippen LogP contribution in [-0.2, 0) is 28.7 Å². The summed E-state index contributed by atoms with van der Waals surface area (Å²) >= 11 is 0. The van der Waals surface area contributed by atoms with E-state index in [-0.39, 0.29) is 62.0 Å². The Kier molecular flexibility index (Phi) is 17.1. The topological polar surface area (TPSA) is 139 Å². The number of ether oxygens (including phenoxy) is 2. The summed E-state index contributed by atoms with van der Waals surface area (Å²) in [5, 5.41) is 0. The second-order valence-electron chi connectivity index (χ2n) is 2.33. The van der Waals surface area contributed by atoms with Crippen LogP contribution in [0.1, 0.15) is 2.85 Å². The van der Waals surface area contributed by atoms with Crippen LogP contribution >= 0.6 is 0 Å². The zero-order chi connectivity index (χ0) is 12.6. The molecule has 0 atom stereocenters. The normalized spacial score (nSPS) is 8.78. The van der Waals surface area contributed by atoms with Crippen LogP contribution in [0.4, 0.5) is 0 Å². The zero-order valence-electron chi connectivity index (χ0n) is 12.2. The van der Waals surface area contributed by atoms with Crippen molar-refractivity contribution >= 4 is 23.9 Å². The van der Waals surface area contributed by atoms with Crippen LogP contribution in [0, 0.1) is 0 Å². The van der Waals surface area contributed by atoms with Crippen LogP contribution in [0.5, 0.6) is 0 Å². The third-order valence-corrected chi connectivity index (χ3v) is 1.12. The van der Waals surface area contributed by atoms with E-state index in [0.29, 0.717) is 12.2 Å². The van der Waals surface area contributed by atoms with E-state index < -0.39 is 37.0 Å². The molecule has 0 heterocycles. The second-order valence-corrected chi connectivity index (χ2v) is 2.33. The van der Waals surface area contributed by atoms with Crippen molar-refractivity contribution in [3.63, 3.8) is 0 Å². The molecule has 92 valence electrons. The number of carbonyl (C=O) groups excluding carboxylic acids is 4. The first kappa shape index (κ1) is 23.1. The molecule has 0 bridgehead atoms. The molecule has 0 fully saturated rings. The van der Waals surface area contributed by atoms with E-state index in [9.17, 15) is 19.2 Å². The van der Waals surface area contributed by atoms with E-state index in [0.717, 1.165) is 0 Å². The van der Waals surface area contributed by atoms with E-state index in [2.05, 4.69) is 9.47 Å². The molecule has 0 aliphatic carbocycles. The average molecular weight is 278 g/mol. The van der Waals surface area contributed by atoms with E-state index in [1.54, 1.807) is 0 Å². The Hall–Kier alpha value is -0.0600. The first-order chi connectivity index (χ1) is 7.49. The predicted molar refractivity (Wildman–Crippen MR) is 51.7 cm³/mol. The molecule has 8 nitrogen and oxygen atoms in total. The second kappa shape index (κ2) is 13.4. The summed E-state index contributed by atoms with van der Waals surface area (Å²) in [6.45, 7) is -0.925. The Morgan fingerprint density at radius 2 is 1.11 bits per heavy atom. The summed E-state index contributed by atoms with van der Waals surface area (Å²) in [4.78, 5) is 42.5. The van der Waals surface area contributed by atoms with Gasteiger partial charge in [-0.25, -0.2) is 9.59 Å². The standard InChI is InChI=1S/C8H10N2O6.2Na.2H/c9-3-7(13)15-5(11)1-2-6(12)16-8(14)4-10;;;;/h1-2H,3-4,9-10H2;;;;/q;2*+1;2*-1/b2-1+;;;;. The van der Waals surface area contributed by atoms with Gasteiger partial charge in [0.05, 0.1) is 13.1 Å². The van der Waals surface area contributed by atoms with Gasteiger partial charge in [-0.3, -0.25) is 9.59 Å². The van der Waals surface area contributed by atoms with Crippen LogP contribution < -0.4 is 70.6 Å². The molecule has 0 rings (SSSR count). The summed E-state index contributed by atoms with van der Waals surface area (Å²) in [6.07, 6.45) is 1.25. The van der Waals surface area contributed by atoms with E-state index >= 15 is 0 Å². The maximum Gasteiger partial charge on any atom is 1.00 e. The maximum absolute atomic E-state index is 10.8. The van der Waals surface area contributed by atoms with Crippen molar-refractivity contribution in [1.29, 1.82) is 0 Å². The van der Waals surface area contributed by atoms with Gasteiger partial charge in [-0.2, -0.15) is 0 Å². The Morgan fingerprint density at radius 3 is 1.33 bits per heavy atom. The molecule has 0 aliphatic heterocycles. The molecule has 0 aliphatic rings. The Morgan fingerprint density at radius 1 is 0.833 bits per heavy atom. The smallest absolute Gasteiger partial charge is 1.00 e. The number of rotatable bonds is 4. The van der Waals surface area contributed by atoms with Gasteiger partial charge in [-0.15, -0.1) is 0 Å².